The summed E-state index contributed by atoms with van der Waals surface area (Å²) in [6, 6.07) is 11.6. The van der Waals surface area contributed by atoms with E-state index in [4.69, 9.17) is 0 Å². The Morgan fingerprint density at radius 1 is 1.04 bits per heavy atom. The second kappa shape index (κ2) is 8.03. The standard InChI is InChI=1S/C19H19F3N2O2/c1-13-5-3-4-6-17(13)23-18(26)11-12-24(14(2)25)16-9-7-15(8-10-16)19(20,21)22/h3-10H,11-12H2,1-2H3,(H,23,26). The number of benzene rings is 2. The van der Waals surface area contributed by atoms with Crippen LogP contribution in [0.2, 0.25) is 0 Å². The Morgan fingerprint density at radius 3 is 2.19 bits per heavy atom. The molecule has 2 amide bonds. The van der Waals surface area contributed by atoms with Crippen molar-refractivity contribution in [2.75, 3.05) is 16.8 Å². The van der Waals surface area contributed by atoms with Crippen LogP contribution in [-0.2, 0) is 15.8 Å². The second-order valence-corrected chi connectivity index (χ2v) is 5.83. The van der Waals surface area contributed by atoms with Crippen LogP contribution in [0.3, 0.4) is 0 Å². The average molecular weight is 364 g/mol. The fraction of sp³-hybridized carbons (Fsp3) is 0.263. The predicted octanol–water partition coefficient (Wildman–Crippen LogP) is 4.40. The molecular formula is C19H19F3N2O2. The molecule has 0 aromatic heterocycles. The van der Waals surface area contributed by atoms with Crippen LogP contribution in [0, 0.1) is 6.92 Å². The number of carbonyl (C=O) groups is 2. The van der Waals surface area contributed by atoms with E-state index in [1.165, 1.54) is 24.0 Å². The van der Waals surface area contributed by atoms with Crippen LogP contribution in [-0.4, -0.2) is 18.4 Å². The van der Waals surface area contributed by atoms with Crippen LogP contribution in [0.15, 0.2) is 48.5 Å². The number of hydrogen-bond acceptors (Lipinski definition) is 2. The van der Waals surface area contributed by atoms with Gasteiger partial charge in [-0.25, -0.2) is 0 Å². The number of hydrogen-bond donors (Lipinski definition) is 1. The number of anilines is 2. The zero-order chi connectivity index (χ0) is 19.3. The van der Waals surface area contributed by atoms with Gasteiger partial charge in [-0.3, -0.25) is 9.59 Å². The number of halogens is 3. The van der Waals surface area contributed by atoms with Crippen molar-refractivity contribution in [3.63, 3.8) is 0 Å². The Bertz CT molecular complexity index is 786. The minimum absolute atomic E-state index is 0.0228. The molecule has 2 rings (SSSR count). The monoisotopic (exact) mass is 364 g/mol. The molecule has 0 aliphatic heterocycles. The predicted molar refractivity (Wildman–Crippen MR) is 93.9 cm³/mol. The van der Waals surface area contributed by atoms with Crippen molar-refractivity contribution in [2.45, 2.75) is 26.4 Å². The Kier molecular flexibility index (Phi) is 6.02. The molecule has 26 heavy (non-hydrogen) atoms. The number of aryl methyl sites for hydroxylation is 1. The van der Waals surface area contributed by atoms with Gasteiger partial charge in [0.2, 0.25) is 11.8 Å². The molecule has 4 nitrogen and oxygen atoms in total. The van der Waals surface area contributed by atoms with Crippen molar-refractivity contribution in [3.8, 4) is 0 Å². The third-order valence-corrected chi connectivity index (χ3v) is 3.87. The third kappa shape index (κ3) is 5.08. The van der Waals surface area contributed by atoms with Crippen LogP contribution in [0.1, 0.15) is 24.5 Å². The molecule has 2 aromatic rings. The molecule has 0 spiro atoms. The van der Waals surface area contributed by atoms with E-state index in [2.05, 4.69) is 5.32 Å². The van der Waals surface area contributed by atoms with E-state index >= 15 is 0 Å². The maximum absolute atomic E-state index is 12.6. The van der Waals surface area contributed by atoms with Gasteiger partial charge >= 0.3 is 6.18 Å². The summed E-state index contributed by atoms with van der Waals surface area (Å²) in [6.45, 7) is 3.23. The summed E-state index contributed by atoms with van der Waals surface area (Å²) >= 11 is 0. The van der Waals surface area contributed by atoms with Crippen LogP contribution >= 0.6 is 0 Å². The van der Waals surface area contributed by atoms with Gasteiger partial charge in [-0.05, 0) is 42.8 Å². The summed E-state index contributed by atoms with van der Waals surface area (Å²) in [7, 11) is 0. The number of amides is 2. The Hall–Kier alpha value is -2.83. The van der Waals surface area contributed by atoms with E-state index < -0.39 is 11.7 Å². The van der Waals surface area contributed by atoms with Crippen molar-refractivity contribution in [2.24, 2.45) is 0 Å². The van der Waals surface area contributed by atoms with Crippen LogP contribution in [0.5, 0.6) is 0 Å². The van der Waals surface area contributed by atoms with Gasteiger partial charge in [0.05, 0.1) is 5.56 Å². The average Bonchev–Trinajstić information content (AvgIpc) is 2.56. The number of carbonyl (C=O) groups excluding carboxylic acids is 2. The number of nitrogens with zero attached hydrogens (tertiary/aromatic N) is 1. The smallest absolute Gasteiger partial charge is 0.326 e. The van der Waals surface area contributed by atoms with E-state index in [0.717, 1.165) is 17.7 Å². The van der Waals surface area contributed by atoms with Crippen LogP contribution in [0.4, 0.5) is 24.5 Å². The molecule has 0 aliphatic rings. The fourth-order valence-electron chi connectivity index (χ4n) is 2.44. The van der Waals surface area contributed by atoms with Crippen molar-refractivity contribution >= 4 is 23.2 Å². The number of rotatable bonds is 5. The molecule has 138 valence electrons. The number of nitrogens with one attached hydrogen (secondary N) is 1. The van der Waals surface area contributed by atoms with Crippen molar-refractivity contribution in [1.29, 1.82) is 0 Å². The van der Waals surface area contributed by atoms with Crippen LogP contribution < -0.4 is 10.2 Å². The van der Waals surface area contributed by atoms with E-state index in [1.54, 1.807) is 12.1 Å². The van der Waals surface area contributed by atoms with Gasteiger partial charge in [0.15, 0.2) is 0 Å². The summed E-state index contributed by atoms with van der Waals surface area (Å²) in [6.07, 6.45) is -4.41. The lowest BCUT2D eigenvalue weighted by Gasteiger charge is -2.21. The zero-order valence-corrected chi connectivity index (χ0v) is 14.4. The van der Waals surface area contributed by atoms with Gasteiger partial charge in [0.1, 0.15) is 0 Å². The summed E-state index contributed by atoms with van der Waals surface area (Å²) < 4.78 is 37.9. The third-order valence-electron chi connectivity index (χ3n) is 3.87. The SMILES string of the molecule is CC(=O)N(CCC(=O)Nc1ccccc1C)c1ccc(C(F)(F)F)cc1. The molecule has 0 heterocycles. The first kappa shape index (κ1) is 19.5. The van der Waals surface area contributed by atoms with E-state index in [-0.39, 0.29) is 24.8 Å². The van der Waals surface area contributed by atoms with Crippen molar-refractivity contribution < 1.29 is 22.8 Å². The quantitative estimate of drug-likeness (QED) is 0.855. The molecular weight excluding hydrogens is 345 g/mol. The van der Waals surface area contributed by atoms with Crippen LogP contribution in [0.25, 0.3) is 0 Å². The maximum atomic E-state index is 12.6. The molecule has 0 aliphatic carbocycles. The first-order chi connectivity index (χ1) is 12.2. The minimum atomic E-state index is -4.44. The summed E-state index contributed by atoms with van der Waals surface area (Å²) in [5, 5.41) is 2.76. The highest BCUT2D eigenvalue weighted by atomic mass is 19.4. The molecule has 0 atom stereocenters. The highest BCUT2D eigenvalue weighted by Gasteiger charge is 2.30. The lowest BCUT2D eigenvalue weighted by Crippen LogP contribution is -2.32. The summed E-state index contributed by atoms with van der Waals surface area (Å²) in [4.78, 5) is 25.2. The Balaban J connectivity index is 2.03. The topological polar surface area (TPSA) is 49.4 Å². The molecule has 7 heteroatoms. The fourth-order valence-corrected chi connectivity index (χ4v) is 2.44. The molecule has 0 radical (unpaired) electrons. The summed E-state index contributed by atoms with van der Waals surface area (Å²) in [5.74, 6) is -0.633. The normalized spacial score (nSPS) is 11.1. The lowest BCUT2D eigenvalue weighted by molar-refractivity contribution is -0.137. The van der Waals surface area contributed by atoms with Gasteiger partial charge in [-0.1, -0.05) is 18.2 Å². The Labute approximate surface area is 149 Å². The summed E-state index contributed by atoms with van der Waals surface area (Å²) in [5.41, 5.74) is 1.12. The highest BCUT2D eigenvalue weighted by molar-refractivity contribution is 5.95. The molecule has 1 N–H and O–H groups in total. The second-order valence-electron chi connectivity index (χ2n) is 5.83. The van der Waals surface area contributed by atoms with Crippen molar-refractivity contribution in [3.05, 3.63) is 59.7 Å². The van der Waals surface area contributed by atoms with Gasteiger partial charge in [0, 0.05) is 31.3 Å². The number of para-hydroxylation sites is 1. The molecule has 0 fully saturated rings. The van der Waals surface area contributed by atoms with Crippen molar-refractivity contribution in [1.82, 2.24) is 0 Å². The lowest BCUT2D eigenvalue weighted by atomic mass is 10.1. The van der Waals surface area contributed by atoms with Gasteiger partial charge in [-0.15, -0.1) is 0 Å². The molecule has 0 unspecified atom stereocenters. The van der Waals surface area contributed by atoms with E-state index in [1.807, 2.05) is 19.1 Å². The Morgan fingerprint density at radius 2 is 1.65 bits per heavy atom. The zero-order valence-electron chi connectivity index (χ0n) is 14.4. The highest BCUT2D eigenvalue weighted by Crippen LogP contribution is 2.30. The molecule has 0 saturated carbocycles. The first-order valence-electron chi connectivity index (χ1n) is 7.99. The minimum Gasteiger partial charge on any atom is -0.326 e. The molecule has 0 bridgehead atoms. The van der Waals surface area contributed by atoms with E-state index in [9.17, 15) is 22.8 Å². The van der Waals surface area contributed by atoms with Gasteiger partial charge in [0.25, 0.3) is 0 Å². The number of alkyl halides is 3. The molecule has 0 saturated heterocycles. The largest absolute Gasteiger partial charge is 0.416 e. The molecule has 2 aromatic carbocycles. The first-order valence-corrected chi connectivity index (χ1v) is 7.99. The maximum Gasteiger partial charge on any atom is 0.416 e. The van der Waals surface area contributed by atoms with Gasteiger partial charge in [-0.2, -0.15) is 13.2 Å². The van der Waals surface area contributed by atoms with Gasteiger partial charge < -0.3 is 10.2 Å². The van der Waals surface area contributed by atoms with E-state index in [0.29, 0.717) is 11.4 Å².